The van der Waals surface area contributed by atoms with Crippen LogP contribution < -0.4 is 0 Å². The smallest absolute Gasteiger partial charge is 0.316 e. The number of rotatable bonds is 1. The Morgan fingerprint density at radius 1 is 1.60 bits per heavy atom. The lowest BCUT2D eigenvalue weighted by atomic mass is 9.73. The first-order valence-electron chi connectivity index (χ1n) is 5.38. The van der Waals surface area contributed by atoms with Crippen molar-refractivity contribution in [1.82, 2.24) is 0 Å². The van der Waals surface area contributed by atoms with Crippen LogP contribution in [0.2, 0.25) is 0 Å². The molecule has 3 heteroatoms. The first-order valence-corrected chi connectivity index (χ1v) is 5.38. The second-order valence-electron chi connectivity index (χ2n) is 5.01. The average Bonchev–Trinajstić information content (AvgIpc) is 2.82. The first-order chi connectivity index (χ1) is 7.06. The van der Waals surface area contributed by atoms with Gasteiger partial charge in [0, 0.05) is 11.8 Å². The van der Waals surface area contributed by atoms with Gasteiger partial charge in [-0.3, -0.25) is 9.59 Å². The van der Waals surface area contributed by atoms with Crippen LogP contribution in [0, 0.1) is 29.1 Å². The molecule has 4 aliphatic rings. The maximum absolute atomic E-state index is 12.0. The normalized spacial score (nSPS) is 50.5. The molecule has 0 aromatic carbocycles. The van der Waals surface area contributed by atoms with Crippen LogP contribution in [-0.4, -0.2) is 18.9 Å². The summed E-state index contributed by atoms with van der Waals surface area (Å²) in [7, 11) is 1.39. The molecule has 4 saturated carbocycles. The summed E-state index contributed by atoms with van der Waals surface area (Å²) in [5.74, 6) is 0.361. The van der Waals surface area contributed by atoms with Gasteiger partial charge in [-0.1, -0.05) is 13.5 Å². The zero-order valence-corrected chi connectivity index (χ0v) is 8.95. The number of esters is 1. The van der Waals surface area contributed by atoms with Crippen molar-refractivity contribution < 1.29 is 14.3 Å². The molecule has 4 fully saturated rings. The van der Waals surface area contributed by atoms with Gasteiger partial charge in [-0.2, -0.15) is 0 Å². The van der Waals surface area contributed by atoms with Gasteiger partial charge in [-0.25, -0.2) is 0 Å². The van der Waals surface area contributed by atoms with Crippen LogP contribution in [0.1, 0.15) is 13.3 Å². The van der Waals surface area contributed by atoms with Crippen molar-refractivity contribution in [2.75, 3.05) is 7.11 Å². The summed E-state index contributed by atoms with van der Waals surface area (Å²) in [4.78, 5) is 23.9. The van der Waals surface area contributed by atoms with E-state index in [1.54, 1.807) is 0 Å². The minimum Gasteiger partial charge on any atom is -0.468 e. The minimum atomic E-state index is -0.666. The van der Waals surface area contributed by atoms with Gasteiger partial charge >= 0.3 is 5.97 Å². The topological polar surface area (TPSA) is 43.4 Å². The molecule has 0 N–H and O–H groups in total. The van der Waals surface area contributed by atoms with Crippen molar-refractivity contribution in [3.63, 3.8) is 0 Å². The van der Waals surface area contributed by atoms with Crippen LogP contribution in [0.5, 0.6) is 0 Å². The quantitative estimate of drug-likeness (QED) is 0.478. The molecule has 5 atom stereocenters. The molecule has 0 spiro atoms. The van der Waals surface area contributed by atoms with E-state index in [0.717, 1.165) is 12.0 Å². The van der Waals surface area contributed by atoms with E-state index in [1.807, 2.05) is 0 Å². The first kappa shape index (κ1) is 9.13. The van der Waals surface area contributed by atoms with Crippen molar-refractivity contribution in [3.05, 3.63) is 12.2 Å². The number of methoxy groups -OCH3 is 1. The fourth-order valence-corrected chi connectivity index (χ4v) is 4.34. The summed E-state index contributed by atoms with van der Waals surface area (Å²) in [5.41, 5.74) is 0.161. The zero-order valence-electron chi connectivity index (χ0n) is 8.95. The predicted molar refractivity (Wildman–Crippen MR) is 52.8 cm³/mol. The summed E-state index contributed by atoms with van der Waals surface area (Å²) in [6.45, 7) is 6.03. The summed E-state index contributed by atoms with van der Waals surface area (Å²) in [6, 6.07) is 0. The summed E-state index contributed by atoms with van der Waals surface area (Å²) in [5, 5.41) is 0. The second-order valence-corrected chi connectivity index (χ2v) is 5.01. The average molecular weight is 206 g/mol. The SMILES string of the molecule is C=C1[C@H]2C(=O)[C@@H]3C[C@H]2[C@@H](C)[C@]13C(=O)OC. The van der Waals surface area contributed by atoms with Gasteiger partial charge < -0.3 is 4.74 Å². The van der Waals surface area contributed by atoms with E-state index in [-0.39, 0.29) is 29.5 Å². The van der Waals surface area contributed by atoms with Gasteiger partial charge in [0.05, 0.1) is 7.11 Å². The summed E-state index contributed by atoms with van der Waals surface area (Å²) in [6.07, 6.45) is 0.860. The van der Waals surface area contributed by atoms with Gasteiger partial charge in [0.25, 0.3) is 0 Å². The van der Waals surface area contributed by atoms with E-state index in [1.165, 1.54) is 7.11 Å². The lowest BCUT2D eigenvalue weighted by Gasteiger charge is -2.29. The van der Waals surface area contributed by atoms with E-state index < -0.39 is 5.41 Å². The lowest BCUT2D eigenvalue weighted by molar-refractivity contribution is -0.155. The van der Waals surface area contributed by atoms with Crippen molar-refractivity contribution in [2.45, 2.75) is 13.3 Å². The molecule has 0 heterocycles. The minimum absolute atomic E-state index is 0.0518. The summed E-state index contributed by atoms with van der Waals surface area (Å²) >= 11 is 0. The Kier molecular flexibility index (Phi) is 1.42. The highest BCUT2D eigenvalue weighted by atomic mass is 16.5. The fourth-order valence-electron chi connectivity index (χ4n) is 4.34. The van der Waals surface area contributed by atoms with Crippen LogP contribution in [0.3, 0.4) is 0 Å². The van der Waals surface area contributed by atoms with Gasteiger partial charge in [0.2, 0.25) is 0 Å². The molecule has 4 aliphatic carbocycles. The number of ether oxygens (including phenoxy) is 1. The van der Waals surface area contributed by atoms with Crippen molar-refractivity contribution in [1.29, 1.82) is 0 Å². The third-order valence-corrected chi connectivity index (χ3v) is 4.93. The number of hydrogen-bond donors (Lipinski definition) is 0. The number of ketones is 1. The van der Waals surface area contributed by atoms with Gasteiger partial charge in [-0.05, 0) is 23.8 Å². The Hall–Kier alpha value is -1.12. The molecule has 0 aromatic heterocycles. The Balaban J connectivity index is 2.19. The molecule has 0 aromatic rings. The Bertz CT molecular complexity index is 398. The summed E-state index contributed by atoms with van der Waals surface area (Å²) < 4.78 is 4.89. The van der Waals surface area contributed by atoms with Crippen LogP contribution in [0.4, 0.5) is 0 Å². The van der Waals surface area contributed by atoms with Crippen LogP contribution >= 0.6 is 0 Å². The molecule has 0 saturated heterocycles. The van der Waals surface area contributed by atoms with E-state index in [2.05, 4.69) is 13.5 Å². The van der Waals surface area contributed by atoms with E-state index in [0.29, 0.717) is 5.92 Å². The second kappa shape index (κ2) is 2.34. The molecular formula is C12H14O3. The van der Waals surface area contributed by atoms with Gasteiger partial charge in [0.15, 0.2) is 0 Å². The molecule has 4 rings (SSSR count). The Morgan fingerprint density at radius 3 is 2.73 bits per heavy atom. The third kappa shape index (κ3) is 0.638. The highest BCUT2D eigenvalue weighted by Crippen LogP contribution is 2.73. The molecule has 0 aliphatic heterocycles. The van der Waals surface area contributed by atoms with Crippen LogP contribution in [-0.2, 0) is 14.3 Å². The van der Waals surface area contributed by atoms with Crippen molar-refractivity contribution in [2.24, 2.45) is 29.1 Å². The molecule has 3 nitrogen and oxygen atoms in total. The third-order valence-electron chi connectivity index (χ3n) is 4.93. The molecule has 0 amide bonds. The van der Waals surface area contributed by atoms with E-state index in [4.69, 9.17) is 4.74 Å². The molecular weight excluding hydrogens is 192 g/mol. The van der Waals surface area contributed by atoms with Gasteiger partial charge in [-0.15, -0.1) is 0 Å². The van der Waals surface area contributed by atoms with E-state index >= 15 is 0 Å². The Labute approximate surface area is 88.5 Å². The number of Topliss-reactive ketones (excluding diaryl/α,β-unsaturated/α-hetero) is 1. The van der Waals surface area contributed by atoms with Crippen LogP contribution in [0.15, 0.2) is 12.2 Å². The zero-order chi connectivity index (χ0) is 11.0. The largest absolute Gasteiger partial charge is 0.468 e. The number of hydrogen-bond acceptors (Lipinski definition) is 3. The molecule has 15 heavy (non-hydrogen) atoms. The predicted octanol–water partition coefficient (Wildman–Crippen LogP) is 1.19. The molecule has 80 valence electrons. The highest BCUT2D eigenvalue weighted by molar-refractivity contribution is 6.04. The Morgan fingerprint density at radius 2 is 2.27 bits per heavy atom. The lowest BCUT2D eigenvalue weighted by Crippen LogP contribution is -2.39. The number of carbonyl (C=O) groups is 2. The maximum atomic E-state index is 12.0. The fraction of sp³-hybridized carbons (Fsp3) is 0.667. The van der Waals surface area contributed by atoms with Crippen molar-refractivity contribution in [3.8, 4) is 0 Å². The maximum Gasteiger partial charge on any atom is 0.316 e. The van der Waals surface area contributed by atoms with Crippen LogP contribution in [0.25, 0.3) is 0 Å². The van der Waals surface area contributed by atoms with Gasteiger partial charge in [0.1, 0.15) is 11.2 Å². The molecule has 4 bridgehead atoms. The standard InChI is InChI=1S/C12H14O3/c1-5-7-4-8-10(13)9(7)6(2)12(5,8)11(14)15-3/h5,7-9H,2,4H2,1,3H3/t5-,7+,8+,9-,12+/m1/s1. The van der Waals surface area contributed by atoms with E-state index in [9.17, 15) is 9.59 Å². The number of carbonyl (C=O) groups excluding carboxylic acids is 2. The van der Waals surface area contributed by atoms with Crippen molar-refractivity contribution >= 4 is 11.8 Å². The highest BCUT2D eigenvalue weighted by Gasteiger charge is 2.77. The monoisotopic (exact) mass is 206 g/mol. The molecule has 0 unspecified atom stereocenters. The molecule has 0 radical (unpaired) electrons.